The first-order valence-electron chi connectivity index (χ1n) is 11.1. The summed E-state index contributed by atoms with van der Waals surface area (Å²) < 4.78 is 0.756. The van der Waals surface area contributed by atoms with Crippen LogP contribution in [-0.4, -0.2) is 48.8 Å². The van der Waals surface area contributed by atoms with E-state index in [1.807, 2.05) is 0 Å². The van der Waals surface area contributed by atoms with Crippen LogP contribution in [-0.2, 0) is 4.79 Å². The van der Waals surface area contributed by atoms with Crippen LogP contribution in [0.25, 0.3) is 0 Å². The monoisotopic (exact) mass is 371 g/mol. The molecule has 0 aromatic carbocycles. The second kappa shape index (κ2) is 16.6. The molecule has 0 aliphatic carbocycles. The smallest absolute Gasteiger partial charge is 0.105 e. The van der Waals surface area contributed by atoms with Crippen molar-refractivity contribution in [1.82, 2.24) is 0 Å². The Morgan fingerprint density at radius 2 is 1.35 bits per heavy atom. The van der Waals surface area contributed by atoms with E-state index in [-0.39, 0.29) is 12.5 Å². The normalized spacial score (nSPS) is 13.1. The summed E-state index contributed by atoms with van der Waals surface area (Å²) in [5.74, 6) is -0.966. The Kier molecular flexibility index (Phi) is 16.2. The lowest BCUT2D eigenvalue weighted by molar-refractivity contribution is -0.893. The van der Waals surface area contributed by atoms with Gasteiger partial charge in [0.1, 0.15) is 12.6 Å². The van der Waals surface area contributed by atoms with Gasteiger partial charge in [-0.05, 0) is 25.7 Å². The third-order valence-electron chi connectivity index (χ3n) is 5.24. The summed E-state index contributed by atoms with van der Waals surface area (Å²) in [5.41, 5.74) is 0. The van der Waals surface area contributed by atoms with Crippen LogP contribution < -0.4 is 5.11 Å². The molecular weight excluding hydrogens is 326 g/mol. The van der Waals surface area contributed by atoms with Gasteiger partial charge in [0, 0.05) is 5.97 Å². The molecule has 0 radical (unpaired) electrons. The molecule has 0 bridgehead atoms. The zero-order chi connectivity index (χ0) is 19.7. The molecule has 0 fully saturated rings. The largest absolute Gasteiger partial charge is 0.550 e. The van der Waals surface area contributed by atoms with E-state index in [1.54, 1.807) is 0 Å². The van der Waals surface area contributed by atoms with Gasteiger partial charge in [0.25, 0.3) is 0 Å². The molecular formula is C22H45NO3. The third kappa shape index (κ3) is 18.2. The number of unbranched alkanes of at least 4 members (excludes halogenated alkanes) is 11. The van der Waals surface area contributed by atoms with Gasteiger partial charge in [0.05, 0.1) is 20.6 Å². The molecule has 4 nitrogen and oxygen atoms in total. The van der Waals surface area contributed by atoms with Crippen molar-refractivity contribution < 1.29 is 19.5 Å². The zero-order valence-electron chi connectivity index (χ0n) is 17.8. The maximum atomic E-state index is 10.4. The standard InChI is InChI=1S/C22H45NO3/c1-4-5-6-7-8-9-10-11-12-13-14-17-21(24)20-23(2,3)19-16-15-18-22(25)26/h21,24H,4-20H2,1-3H3. The number of likely N-dealkylation sites (N-methyl/N-ethyl adjacent to an activating group) is 1. The van der Waals surface area contributed by atoms with E-state index in [4.69, 9.17) is 0 Å². The number of aliphatic hydroxyl groups is 1. The van der Waals surface area contributed by atoms with Crippen molar-refractivity contribution in [2.75, 3.05) is 27.2 Å². The summed E-state index contributed by atoms with van der Waals surface area (Å²) in [6, 6.07) is 0. The molecule has 1 N–H and O–H groups in total. The van der Waals surface area contributed by atoms with Crippen molar-refractivity contribution in [3.05, 3.63) is 0 Å². The van der Waals surface area contributed by atoms with Crippen LogP contribution in [0.15, 0.2) is 0 Å². The first-order valence-corrected chi connectivity index (χ1v) is 11.1. The van der Waals surface area contributed by atoms with Gasteiger partial charge >= 0.3 is 0 Å². The molecule has 0 saturated carbocycles. The second-order valence-electron chi connectivity index (χ2n) is 8.65. The predicted molar refractivity (Wildman–Crippen MR) is 108 cm³/mol. The molecule has 4 heteroatoms. The van der Waals surface area contributed by atoms with E-state index in [0.29, 0.717) is 6.42 Å². The van der Waals surface area contributed by atoms with Gasteiger partial charge in [-0.1, -0.05) is 77.6 Å². The van der Waals surface area contributed by atoms with Crippen LogP contribution in [0, 0.1) is 0 Å². The van der Waals surface area contributed by atoms with Crippen molar-refractivity contribution in [2.45, 2.75) is 109 Å². The minimum atomic E-state index is -0.966. The second-order valence-corrected chi connectivity index (χ2v) is 8.65. The summed E-state index contributed by atoms with van der Waals surface area (Å²) >= 11 is 0. The number of quaternary nitrogens is 1. The van der Waals surface area contributed by atoms with E-state index in [2.05, 4.69) is 21.0 Å². The Hall–Kier alpha value is -0.610. The number of hydrogen-bond acceptors (Lipinski definition) is 3. The summed E-state index contributed by atoms with van der Waals surface area (Å²) in [5, 5.41) is 20.7. The Morgan fingerprint density at radius 1 is 0.846 bits per heavy atom. The maximum absolute atomic E-state index is 10.4. The van der Waals surface area contributed by atoms with Crippen molar-refractivity contribution in [2.24, 2.45) is 0 Å². The van der Waals surface area contributed by atoms with E-state index >= 15 is 0 Å². The quantitative estimate of drug-likeness (QED) is 0.275. The third-order valence-corrected chi connectivity index (χ3v) is 5.24. The molecule has 0 rings (SSSR count). The SMILES string of the molecule is CCCCCCCCCCCCCC(O)C[N+](C)(C)CCCCC(=O)[O-]. The van der Waals surface area contributed by atoms with Crippen molar-refractivity contribution in [1.29, 1.82) is 0 Å². The van der Waals surface area contributed by atoms with Crippen LogP contribution in [0.3, 0.4) is 0 Å². The van der Waals surface area contributed by atoms with Crippen molar-refractivity contribution in [3.63, 3.8) is 0 Å². The number of rotatable bonds is 19. The first kappa shape index (κ1) is 25.4. The molecule has 1 atom stereocenters. The van der Waals surface area contributed by atoms with Gasteiger partial charge < -0.3 is 19.5 Å². The molecule has 0 spiro atoms. The molecule has 0 aliphatic rings. The average Bonchev–Trinajstić information content (AvgIpc) is 2.56. The summed E-state index contributed by atoms with van der Waals surface area (Å²) in [6.45, 7) is 3.92. The Labute approximate surface area is 162 Å². The molecule has 0 aromatic rings. The van der Waals surface area contributed by atoms with E-state index in [0.717, 1.165) is 36.8 Å². The number of hydrogen-bond donors (Lipinski definition) is 1. The van der Waals surface area contributed by atoms with Crippen molar-refractivity contribution >= 4 is 5.97 Å². The molecule has 0 amide bonds. The number of nitrogens with zero attached hydrogens (tertiary/aromatic N) is 1. The number of carboxylic acid groups (broad SMARTS) is 1. The summed E-state index contributed by atoms with van der Waals surface area (Å²) in [7, 11) is 4.23. The van der Waals surface area contributed by atoms with E-state index in [9.17, 15) is 15.0 Å². The van der Waals surface area contributed by atoms with Gasteiger partial charge in [0.2, 0.25) is 0 Å². The molecule has 0 saturated heterocycles. The highest BCUT2D eigenvalue weighted by molar-refractivity contribution is 5.64. The highest BCUT2D eigenvalue weighted by Gasteiger charge is 2.19. The maximum Gasteiger partial charge on any atom is 0.105 e. The highest BCUT2D eigenvalue weighted by Crippen LogP contribution is 2.14. The van der Waals surface area contributed by atoms with Crippen LogP contribution in [0.2, 0.25) is 0 Å². The molecule has 26 heavy (non-hydrogen) atoms. The fourth-order valence-corrected chi connectivity index (χ4v) is 3.61. The van der Waals surface area contributed by atoms with Gasteiger partial charge in [0.15, 0.2) is 0 Å². The van der Waals surface area contributed by atoms with E-state index in [1.165, 1.54) is 64.2 Å². The number of aliphatic carboxylic acids is 1. The lowest BCUT2D eigenvalue weighted by atomic mass is 10.0. The Morgan fingerprint density at radius 3 is 1.85 bits per heavy atom. The van der Waals surface area contributed by atoms with Gasteiger partial charge in [-0.2, -0.15) is 0 Å². The van der Waals surface area contributed by atoms with Gasteiger partial charge in [-0.25, -0.2) is 0 Å². The van der Waals surface area contributed by atoms with Gasteiger partial charge in [-0.3, -0.25) is 0 Å². The minimum Gasteiger partial charge on any atom is -0.550 e. The highest BCUT2D eigenvalue weighted by atomic mass is 16.4. The molecule has 0 aromatic heterocycles. The molecule has 0 aliphatic heterocycles. The average molecular weight is 372 g/mol. The molecule has 0 heterocycles. The van der Waals surface area contributed by atoms with Crippen LogP contribution in [0.5, 0.6) is 0 Å². The zero-order valence-corrected chi connectivity index (χ0v) is 17.8. The Balaban J connectivity index is 3.49. The Bertz CT molecular complexity index is 331. The van der Waals surface area contributed by atoms with Crippen LogP contribution in [0.1, 0.15) is 103 Å². The fourth-order valence-electron chi connectivity index (χ4n) is 3.61. The van der Waals surface area contributed by atoms with Crippen LogP contribution in [0.4, 0.5) is 0 Å². The number of carbonyl (C=O) groups excluding carboxylic acids is 1. The molecule has 1 unspecified atom stereocenters. The number of aliphatic hydroxyl groups excluding tert-OH is 1. The topological polar surface area (TPSA) is 60.4 Å². The number of carboxylic acids is 1. The lowest BCUT2D eigenvalue weighted by Crippen LogP contribution is -2.46. The van der Waals surface area contributed by atoms with Gasteiger partial charge in [-0.15, -0.1) is 0 Å². The molecule has 156 valence electrons. The minimum absolute atomic E-state index is 0.140. The van der Waals surface area contributed by atoms with E-state index < -0.39 is 5.97 Å². The lowest BCUT2D eigenvalue weighted by Gasteiger charge is -2.32. The fraction of sp³-hybridized carbons (Fsp3) is 0.955. The summed E-state index contributed by atoms with van der Waals surface area (Å²) in [4.78, 5) is 10.4. The summed E-state index contributed by atoms with van der Waals surface area (Å²) in [6.07, 6.45) is 17.0. The first-order chi connectivity index (χ1) is 12.4. The number of carbonyl (C=O) groups is 1. The van der Waals surface area contributed by atoms with Crippen LogP contribution >= 0.6 is 0 Å². The van der Waals surface area contributed by atoms with Crippen molar-refractivity contribution in [3.8, 4) is 0 Å². The predicted octanol–water partition coefficient (Wildman–Crippen LogP) is 4.05.